The molecular weight excluding hydrogens is 446 g/mol. The van der Waals surface area contributed by atoms with Crippen LogP contribution in [0.15, 0.2) is 71.2 Å². The van der Waals surface area contributed by atoms with Gasteiger partial charge in [0.15, 0.2) is 0 Å². The van der Waals surface area contributed by atoms with Crippen LogP contribution in [0.1, 0.15) is 12.5 Å². The Morgan fingerprint density at radius 3 is 2.57 bits per heavy atom. The highest BCUT2D eigenvalue weighted by Gasteiger charge is 2.20. The average molecular weight is 466 g/mol. The molecule has 0 saturated heterocycles. The number of carboxylic acids is 1. The first-order valence-corrected chi connectivity index (χ1v) is 10.4. The molecule has 0 amide bonds. The predicted octanol–water partition coefficient (Wildman–Crippen LogP) is 6.42. The van der Waals surface area contributed by atoms with E-state index < -0.39 is 5.97 Å². The zero-order chi connectivity index (χ0) is 21.1. The number of para-hydroxylation sites is 1. The van der Waals surface area contributed by atoms with E-state index in [1.165, 1.54) is 0 Å². The molecule has 4 aromatic rings. The second-order valence-electron chi connectivity index (χ2n) is 6.75. The molecule has 152 valence electrons. The van der Waals surface area contributed by atoms with Crippen molar-refractivity contribution >= 4 is 32.8 Å². The summed E-state index contributed by atoms with van der Waals surface area (Å²) >= 11 is 3.51. The SMILES string of the molecule is CCOc1ccc(Br)cc1-c1[nH]c2ccc(Oc3ccccc3)cc2c1CC(=O)O. The van der Waals surface area contributed by atoms with Crippen LogP contribution in [0.4, 0.5) is 0 Å². The lowest BCUT2D eigenvalue weighted by molar-refractivity contribution is -0.136. The van der Waals surface area contributed by atoms with Crippen molar-refractivity contribution in [3.63, 3.8) is 0 Å². The maximum Gasteiger partial charge on any atom is 0.307 e. The maximum atomic E-state index is 11.7. The lowest BCUT2D eigenvalue weighted by Gasteiger charge is -2.11. The first-order valence-electron chi connectivity index (χ1n) is 9.57. The van der Waals surface area contributed by atoms with E-state index >= 15 is 0 Å². The zero-order valence-electron chi connectivity index (χ0n) is 16.3. The average Bonchev–Trinajstić information content (AvgIpc) is 3.07. The van der Waals surface area contributed by atoms with Crippen LogP contribution in [-0.2, 0) is 11.2 Å². The quantitative estimate of drug-likeness (QED) is 0.330. The largest absolute Gasteiger partial charge is 0.493 e. The molecule has 0 aliphatic carbocycles. The number of nitrogens with one attached hydrogen (secondary N) is 1. The minimum absolute atomic E-state index is 0.123. The molecule has 30 heavy (non-hydrogen) atoms. The van der Waals surface area contributed by atoms with Crippen molar-refractivity contribution < 1.29 is 19.4 Å². The number of hydrogen-bond donors (Lipinski definition) is 2. The lowest BCUT2D eigenvalue weighted by Crippen LogP contribution is -2.02. The number of carboxylic acid groups (broad SMARTS) is 1. The standard InChI is InChI=1S/C24H20BrNO4/c1-2-29-22-11-8-15(25)12-20(22)24-19(14-23(27)28)18-13-17(9-10-21(18)26-24)30-16-6-4-3-5-7-16/h3-13,26H,2,14H2,1H3,(H,27,28). The third-order valence-electron chi connectivity index (χ3n) is 4.70. The summed E-state index contributed by atoms with van der Waals surface area (Å²) in [6, 6.07) is 20.8. The summed E-state index contributed by atoms with van der Waals surface area (Å²) in [6.45, 7) is 2.43. The van der Waals surface area contributed by atoms with Gasteiger partial charge in [-0.05, 0) is 61.0 Å². The molecule has 0 bridgehead atoms. The van der Waals surface area contributed by atoms with E-state index in [1.807, 2.05) is 73.7 Å². The van der Waals surface area contributed by atoms with Gasteiger partial charge in [0.1, 0.15) is 17.2 Å². The molecule has 0 fully saturated rings. The van der Waals surface area contributed by atoms with E-state index in [0.29, 0.717) is 23.7 Å². The third kappa shape index (κ3) is 4.19. The van der Waals surface area contributed by atoms with Gasteiger partial charge in [-0.3, -0.25) is 4.79 Å². The van der Waals surface area contributed by atoms with Crippen molar-refractivity contribution in [3.8, 4) is 28.5 Å². The minimum Gasteiger partial charge on any atom is -0.493 e. The Hall–Kier alpha value is -3.25. The van der Waals surface area contributed by atoms with Gasteiger partial charge in [0, 0.05) is 20.9 Å². The predicted molar refractivity (Wildman–Crippen MR) is 120 cm³/mol. The first-order chi connectivity index (χ1) is 14.5. The van der Waals surface area contributed by atoms with Gasteiger partial charge in [0.2, 0.25) is 0 Å². The number of ether oxygens (including phenoxy) is 2. The topological polar surface area (TPSA) is 71.5 Å². The number of hydrogen-bond acceptors (Lipinski definition) is 3. The van der Waals surface area contributed by atoms with Gasteiger partial charge in [-0.15, -0.1) is 0 Å². The molecule has 2 N–H and O–H groups in total. The van der Waals surface area contributed by atoms with Crippen molar-refractivity contribution in [1.82, 2.24) is 4.98 Å². The number of halogens is 1. The van der Waals surface area contributed by atoms with Crippen LogP contribution in [0, 0.1) is 0 Å². The molecule has 4 rings (SSSR count). The normalized spacial score (nSPS) is 10.9. The van der Waals surface area contributed by atoms with Crippen molar-refractivity contribution in [2.45, 2.75) is 13.3 Å². The molecule has 3 aromatic carbocycles. The van der Waals surface area contributed by atoms with Crippen LogP contribution >= 0.6 is 15.9 Å². The summed E-state index contributed by atoms with van der Waals surface area (Å²) < 4.78 is 12.6. The van der Waals surface area contributed by atoms with Gasteiger partial charge in [0.05, 0.1) is 18.7 Å². The number of aromatic amines is 1. The fourth-order valence-corrected chi connectivity index (χ4v) is 3.82. The number of benzene rings is 3. The Labute approximate surface area is 182 Å². The summed E-state index contributed by atoms with van der Waals surface area (Å²) in [5.41, 5.74) is 3.07. The monoisotopic (exact) mass is 465 g/mol. The fourth-order valence-electron chi connectivity index (χ4n) is 3.46. The molecule has 0 radical (unpaired) electrons. The molecule has 0 aliphatic heterocycles. The van der Waals surface area contributed by atoms with Gasteiger partial charge in [-0.25, -0.2) is 0 Å². The number of carbonyl (C=O) groups is 1. The van der Waals surface area contributed by atoms with Crippen LogP contribution in [0.2, 0.25) is 0 Å². The summed E-state index contributed by atoms with van der Waals surface area (Å²) in [7, 11) is 0. The molecule has 6 heteroatoms. The molecule has 0 atom stereocenters. The molecule has 0 spiro atoms. The molecule has 0 aliphatic rings. The molecule has 0 saturated carbocycles. The maximum absolute atomic E-state index is 11.7. The Bertz CT molecular complexity index is 1200. The van der Waals surface area contributed by atoms with Crippen molar-refractivity contribution in [2.24, 2.45) is 0 Å². The third-order valence-corrected chi connectivity index (χ3v) is 5.19. The number of aliphatic carboxylic acids is 1. The second kappa shape index (κ2) is 8.63. The molecule has 0 unspecified atom stereocenters. The van der Waals surface area contributed by atoms with Crippen LogP contribution < -0.4 is 9.47 Å². The number of H-pyrrole nitrogens is 1. The van der Waals surface area contributed by atoms with Gasteiger partial charge in [0.25, 0.3) is 0 Å². The van der Waals surface area contributed by atoms with Crippen LogP contribution in [0.3, 0.4) is 0 Å². The molecule has 1 heterocycles. The smallest absolute Gasteiger partial charge is 0.307 e. The fraction of sp³-hybridized carbons (Fsp3) is 0.125. The molecule has 1 aromatic heterocycles. The highest BCUT2D eigenvalue weighted by atomic mass is 79.9. The lowest BCUT2D eigenvalue weighted by atomic mass is 10.0. The van der Waals surface area contributed by atoms with Gasteiger partial charge < -0.3 is 19.6 Å². The van der Waals surface area contributed by atoms with E-state index in [0.717, 1.165) is 32.4 Å². The molecule has 5 nitrogen and oxygen atoms in total. The molecular formula is C24H20BrNO4. The van der Waals surface area contributed by atoms with E-state index in [4.69, 9.17) is 9.47 Å². The Morgan fingerprint density at radius 1 is 1.03 bits per heavy atom. The van der Waals surface area contributed by atoms with E-state index in [2.05, 4.69) is 20.9 Å². The number of rotatable bonds is 7. The Morgan fingerprint density at radius 2 is 1.83 bits per heavy atom. The highest BCUT2D eigenvalue weighted by Crippen LogP contribution is 2.39. The number of fused-ring (bicyclic) bond motifs is 1. The van der Waals surface area contributed by atoms with Gasteiger partial charge >= 0.3 is 5.97 Å². The zero-order valence-corrected chi connectivity index (χ0v) is 17.9. The van der Waals surface area contributed by atoms with Gasteiger partial charge in [-0.2, -0.15) is 0 Å². The van der Waals surface area contributed by atoms with E-state index in [-0.39, 0.29) is 6.42 Å². The highest BCUT2D eigenvalue weighted by molar-refractivity contribution is 9.10. The minimum atomic E-state index is -0.903. The van der Waals surface area contributed by atoms with Crippen molar-refractivity contribution in [3.05, 3.63) is 76.8 Å². The first kappa shape index (κ1) is 20.0. The van der Waals surface area contributed by atoms with Crippen LogP contribution in [-0.4, -0.2) is 22.7 Å². The Balaban J connectivity index is 1.86. The second-order valence-corrected chi connectivity index (χ2v) is 7.66. The van der Waals surface area contributed by atoms with Crippen LogP contribution in [0.25, 0.3) is 22.2 Å². The van der Waals surface area contributed by atoms with Crippen LogP contribution in [0.5, 0.6) is 17.2 Å². The van der Waals surface area contributed by atoms with Gasteiger partial charge in [-0.1, -0.05) is 34.1 Å². The van der Waals surface area contributed by atoms with E-state index in [1.54, 1.807) is 0 Å². The van der Waals surface area contributed by atoms with Crippen molar-refractivity contribution in [1.29, 1.82) is 0 Å². The summed E-state index contributed by atoms with van der Waals surface area (Å²) in [5.74, 6) is 1.15. The Kier molecular flexibility index (Phi) is 5.77. The van der Waals surface area contributed by atoms with Crippen molar-refractivity contribution in [2.75, 3.05) is 6.61 Å². The summed E-state index contributed by atoms with van der Waals surface area (Å²) in [6.07, 6.45) is -0.123. The number of aromatic nitrogens is 1. The summed E-state index contributed by atoms with van der Waals surface area (Å²) in [5, 5.41) is 10.4. The van der Waals surface area contributed by atoms with E-state index in [9.17, 15) is 9.90 Å². The summed E-state index contributed by atoms with van der Waals surface area (Å²) in [4.78, 5) is 15.0.